The molecule has 1 radical (unpaired) electrons. The largest absolute Gasteiger partial charge is 0.453 e. The van der Waals surface area contributed by atoms with Gasteiger partial charge >= 0.3 is 6.09 Å². The third-order valence-corrected chi connectivity index (χ3v) is 5.59. The van der Waals surface area contributed by atoms with Crippen molar-refractivity contribution in [3.05, 3.63) is 76.7 Å². The molecule has 2 N–H and O–H groups in total. The standard InChI is InChI=1S/C25H33F2N2O2/c1-5-17(3)23(16-28-15-19-9-7-8-18(6-2)10-19)24(29-25(30)31-4)13-20-11-21(26)14-22(27)12-20/h7-12,14,17,24,28H,5-6,13,15-16H2,1-4H3,(H,29,30)/t17?,24-/m0/s1. The molecule has 1 amide bonds. The molecule has 0 saturated heterocycles. The molecule has 0 heterocycles. The molecule has 169 valence electrons. The Morgan fingerprint density at radius 3 is 2.32 bits per heavy atom. The van der Waals surface area contributed by atoms with Crippen molar-refractivity contribution in [2.24, 2.45) is 5.92 Å². The van der Waals surface area contributed by atoms with Crippen LogP contribution in [0.25, 0.3) is 0 Å². The van der Waals surface area contributed by atoms with Crippen LogP contribution in [0.5, 0.6) is 0 Å². The second-order valence-corrected chi connectivity index (χ2v) is 7.83. The summed E-state index contributed by atoms with van der Waals surface area (Å²) in [6.07, 6.45) is 1.56. The van der Waals surface area contributed by atoms with Gasteiger partial charge in [0, 0.05) is 31.1 Å². The molecule has 1 unspecified atom stereocenters. The molecule has 0 bridgehead atoms. The lowest BCUT2D eigenvalue weighted by Gasteiger charge is -2.32. The second kappa shape index (κ2) is 12.4. The summed E-state index contributed by atoms with van der Waals surface area (Å²) in [6.45, 7) is 7.55. The Balaban J connectivity index is 2.17. The molecular formula is C25H33F2N2O2. The number of alkyl carbamates (subject to hydrolysis) is 1. The summed E-state index contributed by atoms with van der Waals surface area (Å²) in [5.74, 6) is -0.0177. The van der Waals surface area contributed by atoms with Crippen LogP contribution in [0.3, 0.4) is 0 Å². The smallest absolute Gasteiger partial charge is 0.407 e. The highest BCUT2D eigenvalue weighted by molar-refractivity contribution is 5.67. The van der Waals surface area contributed by atoms with Crippen LogP contribution < -0.4 is 10.6 Å². The first-order valence-corrected chi connectivity index (χ1v) is 10.8. The quantitative estimate of drug-likeness (QED) is 0.514. The number of hydrogen-bond donors (Lipinski definition) is 2. The van der Waals surface area contributed by atoms with Gasteiger partial charge in [-0.25, -0.2) is 13.6 Å². The molecular weight excluding hydrogens is 398 g/mol. The van der Waals surface area contributed by atoms with Crippen molar-refractivity contribution in [1.29, 1.82) is 0 Å². The predicted octanol–water partition coefficient (Wildman–Crippen LogP) is 5.20. The fourth-order valence-corrected chi connectivity index (χ4v) is 3.65. The fraction of sp³-hybridized carbons (Fsp3) is 0.440. The lowest BCUT2D eigenvalue weighted by Crippen LogP contribution is -2.46. The van der Waals surface area contributed by atoms with Gasteiger partial charge in [0.05, 0.1) is 7.11 Å². The fourth-order valence-electron chi connectivity index (χ4n) is 3.65. The molecule has 4 nitrogen and oxygen atoms in total. The molecule has 0 fully saturated rings. The summed E-state index contributed by atoms with van der Waals surface area (Å²) in [5, 5.41) is 6.32. The lowest BCUT2D eigenvalue weighted by molar-refractivity contribution is 0.165. The normalized spacial score (nSPS) is 13.1. The van der Waals surface area contributed by atoms with Crippen molar-refractivity contribution in [3.8, 4) is 0 Å². The molecule has 0 aromatic heterocycles. The van der Waals surface area contributed by atoms with Crippen LogP contribution in [0.2, 0.25) is 0 Å². The Kier molecular flexibility index (Phi) is 9.92. The number of hydrogen-bond acceptors (Lipinski definition) is 3. The minimum Gasteiger partial charge on any atom is -0.453 e. The molecule has 2 atom stereocenters. The summed E-state index contributed by atoms with van der Waals surface area (Å²) in [4.78, 5) is 12.0. The summed E-state index contributed by atoms with van der Waals surface area (Å²) < 4.78 is 32.2. The van der Waals surface area contributed by atoms with Crippen LogP contribution in [0.15, 0.2) is 42.5 Å². The number of methoxy groups -OCH3 is 1. The van der Waals surface area contributed by atoms with E-state index in [2.05, 4.69) is 55.7 Å². The van der Waals surface area contributed by atoms with Crippen molar-refractivity contribution in [2.75, 3.05) is 13.7 Å². The van der Waals surface area contributed by atoms with E-state index >= 15 is 0 Å². The SMILES string of the molecule is CCc1cccc(CNC[C](C(C)CC)[C@H](Cc2cc(F)cc(F)c2)NC(=O)OC)c1. The van der Waals surface area contributed by atoms with Gasteiger partial charge in [-0.05, 0) is 47.6 Å². The van der Waals surface area contributed by atoms with Crippen molar-refractivity contribution < 1.29 is 18.3 Å². The number of ether oxygens (including phenoxy) is 1. The van der Waals surface area contributed by atoms with Crippen LogP contribution in [0.4, 0.5) is 13.6 Å². The maximum absolute atomic E-state index is 13.7. The monoisotopic (exact) mass is 431 g/mol. The highest BCUT2D eigenvalue weighted by Gasteiger charge is 2.29. The Hall–Kier alpha value is -2.47. The van der Waals surface area contributed by atoms with Crippen molar-refractivity contribution in [2.45, 2.75) is 52.6 Å². The Morgan fingerprint density at radius 1 is 1.03 bits per heavy atom. The topological polar surface area (TPSA) is 50.4 Å². The maximum Gasteiger partial charge on any atom is 0.407 e. The zero-order chi connectivity index (χ0) is 22.8. The first-order chi connectivity index (χ1) is 14.9. The molecule has 31 heavy (non-hydrogen) atoms. The number of carbonyl (C=O) groups is 1. The third-order valence-electron chi connectivity index (χ3n) is 5.59. The van der Waals surface area contributed by atoms with Crippen molar-refractivity contribution in [1.82, 2.24) is 10.6 Å². The Bertz CT molecular complexity index is 824. The van der Waals surface area contributed by atoms with Crippen molar-refractivity contribution in [3.63, 3.8) is 0 Å². The summed E-state index contributed by atoms with van der Waals surface area (Å²) in [7, 11) is 1.30. The highest BCUT2D eigenvalue weighted by atomic mass is 19.1. The van der Waals surface area contributed by atoms with Crippen LogP contribution in [0, 0.1) is 23.5 Å². The molecule has 0 saturated carbocycles. The molecule has 0 aliphatic rings. The maximum atomic E-state index is 13.7. The zero-order valence-electron chi connectivity index (χ0n) is 18.8. The second-order valence-electron chi connectivity index (χ2n) is 7.83. The highest BCUT2D eigenvalue weighted by Crippen LogP contribution is 2.25. The van der Waals surface area contributed by atoms with E-state index in [1.54, 1.807) is 0 Å². The van der Waals surface area contributed by atoms with E-state index in [-0.39, 0.29) is 12.3 Å². The van der Waals surface area contributed by atoms with E-state index in [1.165, 1.54) is 30.4 Å². The molecule has 2 aromatic rings. The predicted molar refractivity (Wildman–Crippen MR) is 120 cm³/mol. The van der Waals surface area contributed by atoms with Crippen LogP contribution >= 0.6 is 0 Å². The Labute approximate surface area is 184 Å². The van der Waals surface area contributed by atoms with Crippen LogP contribution in [-0.4, -0.2) is 25.8 Å². The van der Waals surface area contributed by atoms with Gasteiger partial charge in [-0.15, -0.1) is 0 Å². The van der Waals surface area contributed by atoms with E-state index < -0.39 is 23.8 Å². The minimum atomic E-state index is -0.633. The van der Waals surface area contributed by atoms with Crippen LogP contribution in [-0.2, 0) is 24.1 Å². The first-order valence-electron chi connectivity index (χ1n) is 10.8. The molecule has 0 spiro atoms. The number of nitrogens with one attached hydrogen (secondary N) is 2. The molecule has 0 aliphatic carbocycles. The van der Waals surface area contributed by atoms with Crippen molar-refractivity contribution >= 4 is 6.09 Å². The number of halogens is 2. The van der Waals surface area contributed by atoms with Gasteiger partial charge in [-0.2, -0.15) is 0 Å². The summed E-state index contributed by atoms with van der Waals surface area (Å²) in [6, 6.07) is 11.4. The van der Waals surface area contributed by atoms with Gasteiger partial charge in [0.2, 0.25) is 0 Å². The van der Waals surface area contributed by atoms with Gasteiger partial charge in [0.25, 0.3) is 0 Å². The molecule has 0 aliphatic heterocycles. The molecule has 2 rings (SSSR count). The number of benzene rings is 2. The van der Waals surface area contributed by atoms with Crippen LogP contribution in [0.1, 0.15) is 43.9 Å². The minimum absolute atomic E-state index is 0.190. The first kappa shape index (κ1) is 24.8. The van der Waals surface area contributed by atoms with Gasteiger partial charge in [-0.1, -0.05) is 51.5 Å². The average Bonchev–Trinajstić information content (AvgIpc) is 2.75. The van der Waals surface area contributed by atoms with Gasteiger partial charge in [0.1, 0.15) is 11.6 Å². The van der Waals surface area contributed by atoms with E-state index in [0.29, 0.717) is 18.7 Å². The summed E-state index contributed by atoms with van der Waals surface area (Å²) in [5.41, 5.74) is 2.95. The van der Waals surface area contributed by atoms with E-state index in [1.807, 2.05) is 0 Å². The van der Waals surface area contributed by atoms with Gasteiger partial charge < -0.3 is 15.4 Å². The Morgan fingerprint density at radius 2 is 1.71 bits per heavy atom. The van der Waals surface area contributed by atoms with Gasteiger partial charge in [-0.3, -0.25) is 0 Å². The van der Waals surface area contributed by atoms with E-state index in [9.17, 15) is 13.6 Å². The molecule has 2 aromatic carbocycles. The zero-order valence-corrected chi connectivity index (χ0v) is 18.8. The third kappa shape index (κ3) is 7.94. The number of carbonyl (C=O) groups excluding carboxylic acids is 1. The summed E-state index contributed by atoms with van der Waals surface area (Å²) >= 11 is 0. The van der Waals surface area contributed by atoms with Gasteiger partial charge in [0.15, 0.2) is 0 Å². The molecule has 6 heteroatoms. The number of rotatable bonds is 11. The number of amides is 1. The number of aryl methyl sites for hydroxylation is 1. The lowest BCUT2D eigenvalue weighted by atomic mass is 9.82. The van der Waals surface area contributed by atoms with E-state index in [0.717, 1.165) is 24.8 Å². The average molecular weight is 432 g/mol. The van der Waals surface area contributed by atoms with E-state index in [4.69, 9.17) is 4.74 Å².